The number of hydrogen-bond donors (Lipinski definition) is 1. The van der Waals surface area contributed by atoms with Crippen molar-refractivity contribution in [2.75, 3.05) is 27.2 Å². The molecule has 0 spiro atoms. The van der Waals surface area contributed by atoms with Crippen molar-refractivity contribution >= 4 is 41.3 Å². The summed E-state index contributed by atoms with van der Waals surface area (Å²) >= 11 is 1.82. The van der Waals surface area contributed by atoms with E-state index in [1.807, 2.05) is 18.4 Å². The predicted octanol–water partition coefficient (Wildman–Crippen LogP) is 4.05. The highest BCUT2D eigenvalue weighted by atomic mass is 127. The predicted molar refractivity (Wildman–Crippen MR) is 112 cm³/mol. The summed E-state index contributed by atoms with van der Waals surface area (Å²) in [4.78, 5) is 7.99. The Balaban J connectivity index is 0.00000264. The number of aryl methyl sites for hydroxylation is 1. The normalized spacial score (nSPS) is 11.0. The van der Waals surface area contributed by atoms with E-state index in [1.165, 1.54) is 10.4 Å². The van der Waals surface area contributed by atoms with Crippen molar-refractivity contribution in [1.29, 1.82) is 0 Å². The van der Waals surface area contributed by atoms with Gasteiger partial charge >= 0.3 is 0 Å². The van der Waals surface area contributed by atoms with Crippen LogP contribution >= 0.6 is 35.3 Å². The van der Waals surface area contributed by atoms with Gasteiger partial charge in [0.25, 0.3) is 0 Å². The molecule has 0 amide bonds. The fourth-order valence-corrected chi connectivity index (χ4v) is 3.06. The van der Waals surface area contributed by atoms with Gasteiger partial charge < -0.3 is 10.2 Å². The second-order valence-corrected chi connectivity index (χ2v) is 6.35. The van der Waals surface area contributed by atoms with Crippen LogP contribution in [0.25, 0.3) is 0 Å². The zero-order valence-corrected chi connectivity index (χ0v) is 17.0. The van der Waals surface area contributed by atoms with Crippen LogP contribution in [0.4, 0.5) is 0 Å². The van der Waals surface area contributed by atoms with Gasteiger partial charge in [0.15, 0.2) is 5.96 Å². The van der Waals surface area contributed by atoms with Gasteiger partial charge in [-0.3, -0.25) is 4.99 Å². The maximum absolute atomic E-state index is 4.37. The van der Waals surface area contributed by atoms with Crippen molar-refractivity contribution < 1.29 is 0 Å². The molecule has 0 unspecified atom stereocenters. The third-order valence-corrected chi connectivity index (χ3v) is 4.55. The minimum Gasteiger partial charge on any atom is -0.356 e. The number of nitrogens with zero attached hydrogens (tertiary/aromatic N) is 2. The highest BCUT2D eigenvalue weighted by molar-refractivity contribution is 14.0. The number of thiophene rings is 1. The van der Waals surface area contributed by atoms with E-state index in [1.54, 1.807) is 0 Å². The summed E-state index contributed by atoms with van der Waals surface area (Å²) in [5.74, 6) is 0.976. The van der Waals surface area contributed by atoms with Gasteiger partial charge in [-0.1, -0.05) is 36.4 Å². The van der Waals surface area contributed by atoms with Crippen LogP contribution in [0, 0.1) is 0 Å². The van der Waals surface area contributed by atoms with E-state index < -0.39 is 0 Å². The largest absolute Gasteiger partial charge is 0.356 e. The topological polar surface area (TPSA) is 27.6 Å². The van der Waals surface area contributed by atoms with E-state index in [4.69, 9.17) is 0 Å². The molecule has 0 aliphatic carbocycles. The molecular formula is C18H26IN3S. The van der Waals surface area contributed by atoms with Gasteiger partial charge in [0, 0.05) is 32.1 Å². The molecule has 0 atom stereocenters. The summed E-state index contributed by atoms with van der Waals surface area (Å²) in [6, 6.07) is 14.9. The molecule has 1 heterocycles. The quantitative estimate of drug-likeness (QED) is 0.303. The molecule has 2 aromatic rings. The Morgan fingerprint density at radius 3 is 2.57 bits per heavy atom. The Bertz CT molecular complexity index is 555. The second kappa shape index (κ2) is 11.5. The molecule has 1 aromatic heterocycles. The molecule has 0 bridgehead atoms. The van der Waals surface area contributed by atoms with E-state index in [0.717, 1.165) is 38.3 Å². The molecule has 0 fully saturated rings. The van der Waals surface area contributed by atoms with Gasteiger partial charge in [-0.15, -0.1) is 35.3 Å². The number of guanidine groups is 1. The second-order valence-electron chi connectivity index (χ2n) is 5.31. The maximum atomic E-state index is 4.37. The molecule has 3 nitrogen and oxygen atoms in total. The van der Waals surface area contributed by atoms with Crippen molar-refractivity contribution in [3.05, 3.63) is 58.3 Å². The van der Waals surface area contributed by atoms with E-state index in [2.05, 4.69) is 70.1 Å². The van der Waals surface area contributed by atoms with Crippen LogP contribution in [0.5, 0.6) is 0 Å². The lowest BCUT2D eigenvalue weighted by Gasteiger charge is -2.21. The minimum atomic E-state index is 0. The summed E-state index contributed by atoms with van der Waals surface area (Å²) in [7, 11) is 3.95. The minimum absolute atomic E-state index is 0. The van der Waals surface area contributed by atoms with Crippen molar-refractivity contribution in [3.8, 4) is 0 Å². The standard InChI is InChI=1S/C18H25N3S.HI/c1-19-18(21(2)14-12-17-11-7-15-22-17)20-13-6-10-16-8-4-3-5-9-16;/h3-5,7-9,11,15H,6,10,12-14H2,1-2H3,(H,19,20);1H. The van der Waals surface area contributed by atoms with Gasteiger partial charge in [0.05, 0.1) is 0 Å². The van der Waals surface area contributed by atoms with E-state index >= 15 is 0 Å². The van der Waals surface area contributed by atoms with Crippen LogP contribution in [-0.2, 0) is 12.8 Å². The molecule has 5 heteroatoms. The fourth-order valence-electron chi connectivity index (χ4n) is 2.36. The first kappa shape index (κ1) is 20.0. The van der Waals surface area contributed by atoms with Crippen molar-refractivity contribution in [2.45, 2.75) is 19.3 Å². The molecule has 2 rings (SSSR count). The summed E-state index contributed by atoms with van der Waals surface area (Å²) in [5, 5.41) is 5.58. The number of hydrogen-bond acceptors (Lipinski definition) is 2. The third kappa shape index (κ3) is 7.35. The van der Waals surface area contributed by atoms with Crippen LogP contribution in [0.1, 0.15) is 16.9 Å². The van der Waals surface area contributed by atoms with Gasteiger partial charge in [-0.25, -0.2) is 0 Å². The number of halogens is 1. The van der Waals surface area contributed by atoms with Crippen molar-refractivity contribution in [3.63, 3.8) is 0 Å². The summed E-state index contributed by atoms with van der Waals surface area (Å²) in [6.07, 6.45) is 3.28. The molecular weight excluding hydrogens is 417 g/mol. The summed E-state index contributed by atoms with van der Waals surface area (Å²) in [6.45, 7) is 1.93. The zero-order valence-electron chi connectivity index (χ0n) is 13.9. The molecule has 0 radical (unpaired) electrons. The number of nitrogens with one attached hydrogen (secondary N) is 1. The third-order valence-electron chi connectivity index (χ3n) is 3.62. The average molecular weight is 443 g/mol. The Hall–Kier alpha value is -1.08. The molecule has 1 aromatic carbocycles. The van der Waals surface area contributed by atoms with Crippen molar-refractivity contribution in [1.82, 2.24) is 10.2 Å². The molecule has 126 valence electrons. The Kier molecular flexibility index (Phi) is 9.94. The number of rotatable bonds is 7. The van der Waals surface area contributed by atoms with Crippen molar-refractivity contribution in [2.24, 2.45) is 4.99 Å². The average Bonchev–Trinajstić information content (AvgIpc) is 3.07. The number of aliphatic imine (C=N–C) groups is 1. The van der Waals surface area contributed by atoms with Crippen LogP contribution in [-0.4, -0.2) is 38.0 Å². The molecule has 0 saturated carbocycles. The van der Waals surface area contributed by atoms with Crippen LogP contribution in [0.3, 0.4) is 0 Å². The molecule has 1 N–H and O–H groups in total. The fraction of sp³-hybridized carbons (Fsp3) is 0.389. The lowest BCUT2D eigenvalue weighted by molar-refractivity contribution is 0.485. The van der Waals surface area contributed by atoms with E-state index in [9.17, 15) is 0 Å². The monoisotopic (exact) mass is 443 g/mol. The highest BCUT2D eigenvalue weighted by Crippen LogP contribution is 2.09. The first-order valence-electron chi connectivity index (χ1n) is 7.77. The summed E-state index contributed by atoms with van der Waals surface area (Å²) in [5.41, 5.74) is 1.39. The van der Waals surface area contributed by atoms with Crippen LogP contribution in [0.15, 0.2) is 52.8 Å². The number of likely N-dealkylation sites (N-methyl/N-ethyl adjacent to an activating group) is 1. The Labute approximate surface area is 160 Å². The van der Waals surface area contributed by atoms with E-state index in [-0.39, 0.29) is 24.0 Å². The van der Waals surface area contributed by atoms with Gasteiger partial charge in [-0.05, 0) is 36.3 Å². The maximum Gasteiger partial charge on any atom is 0.193 e. The summed E-state index contributed by atoms with van der Waals surface area (Å²) < 4.78 is 0. The first-order valence-corrected chi connectivity index (χ1v) is 8.65. The smallest absolute Gasteiger partial charge is 0.193 e. The van der Waals surface area contributed by atoms with E-state index in [0.29, 0.717) is 0 Å². The van der Waals surface area contributed by atoms with Crippen LogP contribution < -0.4 is 5.32 Å². The highest BCUT2D eigenvalue weighted by Gasteiger charge is 2.05. The SMILES string of the molecule is CN=C(NCCCc1ccccc1)N(C)CCc1cccs1.I. The molecule has 0 saturated heterocycles. The first-order chi connectivity index (χ1) is 10.8. The van der Waals surface area contributed by atoms with Gasteiger partial charge in [0.1, 0.15) is 0 Å². The molecule has 23 heavy (non-hydrogen) atoms. The van der Waals surface area contributed by atoms with Gasteiger partial charge in [-0.2, -0.15) is 0 Å². The lowest BCUT2D eigenvalue weighted by Crippen LogP contribution is -2.40. The Morgan fingerprint density at radius 1 is 1.13 bits per heavy atom. The molecule has 0 aliphatic rings. The lowest BCUT2D eigenvalue weighted by atomic mass is 10.1. The number of benzene rings is 1. The van der Waals surface area contributed by atoms with Crippen LogP contribution in [0.2, 0.25) is 0 Å². The zero-order chi connectivity index (χ0) is 15.6. The molecule has 0 aliphatic heterocycles. The Morgan fingerprint density at radius 2 is 1.91 bits per heavy atom. The van der Waals surface area contributed by atoms with Gasteiger partial charge in [0.2, 0.25) is 0 Å².